The number of rotatable bonds is 4. The van der Waals surface area contributed by atoms with Crippen molar-refractivity contribution in [2.45, 2.75) is 6.92 Å². The molecule has 138 valence electrons. The van der Waals surface area contributed by atoms with E-state index < -0.39 is 0 Å². The minimum Gasteiger partial charge on any atom is -0.495 e. The van der Waals surface area contributed by atoms with Gasteiger partial charge in [0.15, 0.2) is 0 Å². The fraction of sp³-hybridized carbons (Fsp3) is 0.350. The highest BCUT2D eigenvalue weighted by atomic mass is 16.5. The molecule has 1 fully saturated rings. The maximum atomic E-state index is 12.6. The molecule has 2 aromatic rings. The predicted molar refractivity (Wildman–Crippen MR) is 104 cm³/mol. The average molecular weight is 355 g/mol. The van der Waals surface area contributed by atoms with Crippen LogP contribution >= 0.6 is 0 Å². The zero-order valence-electron chi connectivity index (χ0n) is 15.5. The van der Waals surface area contributed by atoms with Gasteiger partial charge in [0.25, 0.3) is 0 Å². The number of benzene rings is 2. The highest BCUT2D eigenvalue weighted by Crippen LogP contribution is 2.29. The van der Waals surface area contributed by atoms with Crippen molar-refractivity contribution in [3.63, 3.8) is 0 Å². The molecule has 6 heteroatoms. The second kappa shape index (κ2) is 7.99. The first-order valence-electron chi connectivity index (χ1n) is 8.71. The van der Waals surface area contributed by atoms with Crippen LogP contribution in [0.5, 0.6) is 11.5 Å². The molecule has 0 saturated carbocycles. The number of carbonyl (C=O) groups is 1. The number of urea groups is 1. The van der Waals surface area contributed by atoms with Gasteiger partial charge in [0.2, 0.25) is 0 Å². The third-order valence-electron chi connectivity index (χ3n) is 4.59. The molecule has 0 aliphatic carbocycles. The van der Waals surface area contributed by atoms with E-state index in [9.17, 15) is 4.79 Å². The number of anilines is 2. The highest BCUT2D eigenvalue weighted by Gasteiger charge is 2.23. The number of hydrogen-bond acceptors (Lipinski definition) is 4. The molecule has 1 aliphatic rings. The van der Waals surface area contributed by atoms with Crippen molar-refractivity contribution >= 4 is 17.4 Å². The van der Waals surface area contributed by atoms with E-state index in [2.05, 4.69) is 10.2 Å². The second-order valence-electron chi connectivity index (χ2n) is 6.28. The van der Waals surface area contributed by atoms with Gasteiger partial charge in [0.05, 0.1) is 25.6 Å². The first kappa shape index (κ1) is 17.9. The Labute approximate surface area is 154 Å². The molecule has 6 nitrogen and oxygen atoms in total. The predicted octanol–water partition coefficient (Wildman–Crippen LogP) is 3.37. The van der Waals surface area contributed by atoms with Crippen molar-refractivity contribution in [2.75, 3.05) is 50.6 Å². The van der Waals surface area contributed by atoms with Crippen LogP contribution < -0.4 is 19.7 Å². The Kier molecular flexibility index (Phi) is 5.51. The lowest BCUT2D eigenvalue weighted by Crippen LogP contribution is -2.50. The van der Waals surface area contributed by atoms with E-state index in [0.29, 0.717) is 24.5 Å². The van der Waals surface area contributed by atoms with Crippen molar-refractivity contribution in [2.24, 2.45) is 0 Å². The summed E-state index contributed by atoms with van der Waals surface area (Å²) in [5.41, 5.74) is 2.84. The van der Waals surface area contributed by atoms with Gasteiger partial charge in [0.1, 0.15) is 11.5 Å². The molecular formula is C20H25N3O3. The van der Waals surface area contributed by atoms with Crippen LogP contribution in [0.3, 0.4) is 0 Å². The Morgan fingerprint density at radius 2 is 1.65 bits per heavy atom. The molecule has 2 amide bonds. The van der Waals surface area contributed by atoms with Crippen molar-refractivity contribution in [1.82, 2.24) is 4.90 Å². The van der Waals surface area contributed by atoms with Gasteiger partial charge in [-0.15, -0.1) is 0 Å². The summed E-state index contributed by atoms with van der Waals surface area (Å²) in [7, 11) is 3.28. The second-order valence-corrected chi connectivity index (χ2v) is 6.28. The molecule has 0 atom stereocenters. The number of piperazine rings is 1. The van der Waals surface area contributed by atoms with Crippen LogP contribution in [0, 0.1) is 6.92 Å². The Hall–Kier alpha value is -2.89. The lowest BCUT2D eigenvalue weighted by atomic mass is 10.2. The molecule has 0 bridgehead atoms. The topological polar surface area (TPSA) is 54.0 Å². The molecule has 0 aromatic heterocycles. The third kappa shape index (κ3) is 3.85. The van der Waals surface area contributed by atoms with Gasteiger partial charge in [0, 0.05) is 26.2 Å². The number of ether oxygens (including phenoxy) is 2. The Morgan fingerprint density at radius 3 is 2.35 bits per heavy atom. The molecule has 1 aliphatic heterocycles. The van der Waals surface area contributed by atoms with E-state index in [4.69, 9.17) is 9.47 Å². The van der Waals surface area contributed by atoms with Gasteiger partial charge in [-0.05, 0) is 36.8 Å². The quantitative estimate of drug-likeness (QED) is 0.914. The minimum atomic E-state index is -0.103. The first-order chi connectivity index (χ1) is 12.6. The number of carbonyl (C=O) groups excluding carboxylic acids is 1. The summed E-state index contributed by atoms with van der Waals surface area (Å²) < 4.78 is 10.8. The van der Waals surface area contributed by atoms with Gasteiger partial charge in [-0.1, -0.05) is 18.2 Å². The normalized spacial score (nSPS) is 14.1. The number of nitrogens with zero attached hydrogens (tertiary/aromatic N) is 2. The van der Waals surface area contributed by atoms with E-state index in [0.717, 1.165) is 30.1 Å². The summed E-state index contributed by atoms with van der Waals surface area (Å²) in [6.45, 7) is 4.81. The summed E-state index contributed by atoms with van der Waals surface area (Å²) >= 11 is 0. The van der Waals surface area contributed by atoms with Crippen LogP contribution in [0.2, 0.25) is 0 Å². The minimum absolute atomic E-state index is 0.103. The SMILES string of the molecule is COc1ccc(C)cc1NC(=O)N1CCN(c2ccccc2OC)CC1. The van der Waals surface area contributed by atoms with Crippen LogP contribution in [-0.4, -0.2) is 51.3 Å². The number of methoxy groups -OCH3 is 2. The fourth-order valence-electron chi connectivity index (χ4n) is 3.16. The summed E-state index contributed by atoms with van der Waals surface area (Å²) in [5.74, 6) is 1.52. The summed E-state index contributed by atoms with van der Waals surface area (Å²) in [6.07, 6.45) is 0. The molecule has 0 spiro atoms. The average Bonchev–Trinajstić information content (AvgIpc) is 2.68. The molecule has 1 N–H and O–H groups in total. The molecule has 26 heavy (non-hydrogen) atoms. The zero-order valence-corrected chi connectivity index (χ0v) is 15.5. The molecule has 1 saturated heterocycles. The fourth-order valence-corrected chi connectivity index (χ4v) is 3.16. The van der Waals surface area contributed by atoms with Crippen molar-refractivity contribution < 1.29 is 14.3 Å². The zero-order chi connectivity index (χ0) is 18.5. The Morgan fingerprint density at radius 1 is 0.962 bits per heavy atom. The Bertz CT molecular complexity index is 771. The number of para-hydroxylation sites is 2. The van der Waals surface area contributed by atoms with Gasteiger partial charge in [-0.25, -0.2) is 4.79 Å². The van der Waals surface area contributed by atoms with Gasteiger partial charge >= 0.3 is 6.03 Å². The van der Waals surface area contributed by atoms with Crippen molar-refractivity contribution in [3.05, 3.63) is 48.0 Å². The van der Waals surface area contributed by atoms with Crippen LogP contribution in [0.25, 0.3) is 0 Å². The van der Waals surface area contributed by atoms with Gasteiger partial charge < -0.3 is 24.6 Å². The number of aryl methyl sites for hydroxylation is 1. The number of amides is 2. The first-order valence-corrected chi connectivity index (χ1v) is 8.71. The molecule has 3 rings (SSSR count). The summed E-state index contributed by atoms with van der Waals surface area (Å²) in [5, 5.41) is 2.97. The molecule has 2 aromatic carbocycles. The van der Waals surface area contributed by atoms with Gasteiger partial charge in [-0.2, -0.15) is 0 Å². The van der Waals surface area contributed by atoms with Crippen molar-refractivity contribution in [3.8, 4) is 11.5 Å². The molecule has 1 heterocycles. The Balaban J connectivity index is 1.63. The van der Waals surface area contributed by atoms with Crippen LogP contribution in [0.4, 0.5) is 16.2 Å². The summed E-state index contributed by atoms with van der Waals surface area (Å²) in [6, 6.07) is 13.6. The van der Waals surface area contributed by atoms with Crippen LogP contribution in [0.15, 0.2) is 42.5 Å². The monoisotopic (exact) mass is 355 g/mol. The van der Waals surface area contributed by atoms with Gasteiger partial charge in [-0.3, -0.25) is 0 Å². The lowest BCUT2D eigenvalue weighted by molar-refractivity contribution is 0.208. The standard InChI is InChI=1S/C20H25N3O3/c1-15-8-9-18(25-2)16(14-15)21-20(24)23-12-10-22(11-13-23)17-6-4-5-7-19(17)26-3/h4-9,14H,10-13H2,1-3H3,(H,21,24). The highest BCUT2D eigenvalue weighted by molar-refractivity contribution is 5.91. The van der Waals surface area contributed by atoms with E-state index in [1.807, 2.05) is 54.3 Å². The number of nitrogens with one attached hydrogen (secondary N) is 1. The van der Waals surface area contributed by atoms with Crippen LogP contribution in [0.1, 0.15) is 5.56 Å². The maximum Gasteiger partial charge on any atom is 0.322 e. The van der Waals surface area contributed by atoms with E-state index >= 15 is 0 Å². The van der Waals surface area contributed by atoms with Crippen molar-refractivity contribution in [1.29, 1.82) is 0 Å². The number of hydrogen-bond donors (Lipinski definition) is 1. The lowest BCUT2D eigenvalue weighted by Gasteiger charge is -2.36. The van der Waals surface area contributed by atoms with E-state index in [1.165, 1.54) is 0 Å². The largest absolute Gasteiger partial charge is 0.495 e. The third-order valence-corrected chi connectivity index (χ3v) is 4.59. The molecule has 0 radical (unpaired) electrons. The smallest absolute Gasteiger partial charge is 0.322 e. The van der Waals surface area contributed by atoms with E-state index in [1.54, 1.807) is 14.2 Å². The maximum absolute atomic E-state index is 12.6. The molecule has 0 unspecified atom stereocenters. The van der Waals surface area contributed by atoms with E-state index in [-0.39, 0.29) is 6.03 Å². The molecular weight excluding hydrogens is 330 g/mol. The van der Waals surface area contributed by atoms with Crippen LogP contribution in [-0.2, 0) is 0 Å². The summed E-state index contributed by atoms with van der Waals surface area (Å²) in [4.78, 5) is 16.7.